The van der Waals surface area contributed by atoms with E-state index >= 15 is 0 Å². The number of hydrogen-bond acceptors (Lipinski definition) is 7. The van der Waals surface area contributed by atoms with Crippen molar-refractivity contribution < 1.29 is 24.0 Å². The van der Waals surface area contributed by atoms with Crippen molar-refractivity contribution in [2.45, 2.75) is 13.5 Å². The van der Waals surface area contributed by atoms with E-state index in [9.17, 15) is 19.7 Å². The van der Waals surface area contributed by atoms with E-state index in [1.54, 1.807) is 54.6 Å². The van der Waals surface area contributed by atoms with Gasteiger partial charge in [0, 0.05) is 16.6 Å². The lowest BCUT2D eigenvalue weighted by molar-refractivity contribution is -0.384. The molecule has 35 heavy (non-hydrogen) atoms. The monoisotopic (exact) mass is 554 g/mol. The predicted octanol–water partition coefficient (Wildman–Crippen LogP) is 6.58. The highest BCUT2D eigenvalue weighted by molar-refractivity contribution is 9.10. The van der Waals surface area contributed by atoms with Gasteiger partial charge >= 0.3 is 0 Å². The summed E-state index contributed by atoms with van der Waals surface area (Å²) in [6, 6.07) is 18.3. The fourth-order valence-corrected chi connectivity index (χ4v) is 4.60. The Balaban J connectivity index is 1.57. The van der Waals surface area contributed by atoms with E-state index in [1.165, 1.54) is 12.1 Å². The fourth-order valence-electron chi connectivity index (χ4n) is 3.33. The van der Waals surface area contributed by atoms with Crippen molar-refractivity contribution in [2.75, 3.05) is 11.5 Å². The van der Waals surface area contributed by atoms with E-state index in [0.29, 0.717) is 38.7 Å². The molecule has 1 aliphatic heterocycles. The number of imide groups is 1. The van der Waals surface area contributed by atoms with Crippen LogP contribution in [0, 0.1) is 10.1 Å². The molecule has 0 saturated carbocycles. The normalized spacial score (nSPS) is 14.5. The number of carbonyl (C=O) groups excluding carboxylic acids is 2. The molecule has 0 radical (unpaired) electrons. The highest BCUT2D eigenvalue weighted by atomic mass is 79.9. The molecule has 3 aromatic rings. The summed E-state index contributed by atoms with van der Waals surface area (Å²) >= 11 is 4.38. The summed E-state index contributed by atoms with van der Waals surface area (Å²) in [5, 5.41) is 10.5. The van der Waals surface area contributed by atoms with E-state index in [-0.39, 0.29) is 17.5 Å². The molecule has 1 saturated heterocycles. The van der Waals surface area contributed by atoms with Crippen molar-refractivity contribution in [3.8, 4) is 11.5 Å². The summed E-state index contributed by atoms with van der Waals surface area (Å²) in [5.41, 5.74) is 1.93. The SMILES string of the molecule is CCOc1cc(/C=C2\SC(=O)N(c3ccccc3)C2=O)c(Br)cc1OCc1ccc([N+](=O)[O-])cc1. The summed E-state index contributed by atoms with van der Waals surface area (Å²) < 4.78 is 12.3. The Labute approximate surface area is 213 Å². The summed E-state index contributed by atoms with van der Waals surface area (Å²) in [7, 11) is 0. The molecule has 0 N–H and O–H groups in total. The zero-order chi connectivity index (χ0) is 24.9. The third-order valence-electron chi connectivity index (χ3n) is 5.00. The Hall–Kier alpha value is -3.63. The van der Waals surface area contributed by atoms with Crippen LogP contribution in [0.3, 0.4) is 0 Å². The first-order chi connectivity index (χ1) is 16.9. The van der Waals surface area contributed by atoms with Gasteiger partial charge < -0.3 is 9.47 Å². The van der Waals surface area contributed by atoms with Crippen LogP contribution in [0.15, 0.2) is 76.1 Å². The van der Waals surface area contributed by atoms with Gasteiger partial charge in [-0.3, -0.25) is 19.7 Å². The number of ether oxygens (including phenoxy) is 2. The molecule has 0 bridgehead atoms. The number of thioether (sulfide) groups is 1. The van der Waals surface area contributed by atoms with Crippen LogP contribution in [0.2, 0.25) is 0 Å². The number of halogens is 1. The standard InChI is InChI=1S/C25H19BrN2O6S/c1-2-33-21-12-17(13-23-24(29)27(25(30)35-23)18-6-4-3-5-7-18)20(26)14-22(21)34-15-16-8-10-19(11-9-16)28(31)32/h3-14H,2,15H2,1H3/b23-13-. The van der Waals surface area contributed by atoms with Crippen LogP contribution in [0.4, 0.5) is 16.2 Å². The van der Waals surface area contributed by atoms with E-state index in [2.05, 4.69) is 15.9 Å². The number of nitrogens with zero attached hydrogens (tertiary/aromatic N) is 2. The Morgan fingerprint density at radius 3 is 2.37 bits per heavy atom. The Bertz CT molecular complexity index is 1310. The molecule has 8 nitrogen and oxygen atoms in total. The van der Waals surface area contributed by atoms with E-state index in [1.807, 2.05) is 13.0 Å². The minimum Gasteiger partial charge on any atom is -0.490 e. The van der Waals surface area contributed by atoms with Crippen molar-refractivity contribution in [1.82, 2.24) is 0 Å². The highest BCUT2D eigenvalue weighted by Crippen LogP contribution is 2.39. The number of nitro benzene ring substituents is 1. The first-order valence-electron chi connectivity index (χ1n) is 10.5. The molecule has 0 aromatic heterocycles. The second-order valence-corrected chi connectivity index (χ2v) is 9.17. The number of amides is 2. The van der Waals surface area contributed by atoms with Crippen LogP contribution >= 0.6 is 27.7 Å². The average Bonchev–Trinajstić information content (AvgIpc) is 3.13. The fraction of sp³-hybridized carbons (Fsp3) is 0.120. The second-order valence-electron chi connectivity index (χ2n) is 7.32. The molecule has 178 valence electrons. The van der Waals surface area contributed by atoms with E-state index in [0.717, 1.165) is 22.2 Å². The lowest BCUT2D eigenvalue weighted by atomic mass is 10.1. The number of para-hydroxylation sites is 1. The Morgan fingerprint density at radius 2 is 1.71 bits per heavy atom. The molecule has 1 aliphatic rings. The average molecular weight is 555 g/mol. The number of non-ortho nitro benzene ring substituents is 1. The minimum absolute atomic E-state index is 0.00697. The van der Waals surface area contributed by atoms with Crippen LogP contribution in [-0.4, -0.2) is 22.7 Å². The molecular formula is C25H19BrN2O6S. The number of nitro groups is 1. The third kappa shape index (κ3) is 5.55. The van der Waals surface area contributed by atoms with Crippen LogP contribution in [0.1, 0.15) is 18.1 Å². The van der Waals surface area contributed by atoms with Crippen LogP contribution in [0.25, 0.3) is 6.08 Å². The third-order valence-corrected chi connectivity index (χ3v) is 6.56. The van der Waals surface area contributed by atoms with Crippen molar-refractivity contribution in [1.29, 1.82) is 0 Å². The van der Waals surface area contributed by atoms with Crippen molar-refractivity contribution in [3.63, 3.8) is 0 Å². The van der Waals surface area contributed by atoms with E-state index < -0.39 is 10.8 Å². The van der Waals surface area contributed by atoms with Crippen molar-refractivity contribution in [2.24, 2.45) is 0 Å². The zero-order valence-electron chi connectivity index (χ0n) is 18.5. The summed E-state index contributed by atoms with van der Waals surface area (Å²) in [5.74, 6) is 0.535. The van der Waals surface area contributed by atoms with Gasteiger partial charge in [-0.15, -0.1) is 0 Å². The lowest BCUT2D eigenvalue weighted by Gasteiger charge is -2.14. The molecule has 4 rings (SSSR count). The first-order valence-corrected chi connectivity index (χ1v) is 12.1. The number of rotatable bonds is 8. The van der Waals surface area contributed by atoms with Gasteiger partial charge in [-0.2, -0.15) is 0 Å². The molecule has 0 aliphatic carbocycles. The van der Waals surface area contributed by atoms with Crippen molar-refractivity contribution in [3.05, 3.63) is 97.3 Å². The lowest BCUT2D eigenvalue weighted by Crippen LogP contribution is -2.27. The zero-order valence-corrected chi connectivity index (χ0v) is 20.9. The van der Waals surface area contributed by atoms with Gasteiger partial charge in [0.05, 0.1) is 22.1 Å². The van der Waals surface area contributed by atoms with Crippen LogP contribution in [-0.2, 0) is 11.4 Å². The van der Waals surface area contributed by atoms with Gasteiger partial charge in [0.15, 0.2) is 11.5 Å². The van der Waals surface area contributed by atoms with E-state index in [4.69, 9.17) is 9.47 Å². The maximum absolute atomic E-state index is 12.9. The number of carbonyl (C=O) groups is 2. The highest BCUT2D eigenvalue weighted by Gasteiger charge is 2.36. The van der Waals surface area contributed by atoms with Gasteiger partial charge in [0.25, 0.3) is 16.8 Å². The first kappa shape index (κ1) is 24.5. The molecule has 1 heterocycles. The van der Waals surface area contributed by atoms with Crippen LogP contribution in [0.5, 0.6) is 11.5 Å². The molecule has 10 heteroatoms. The maximum atomic E-state index is 12.9. The molecule has 0 spiro atoms. The van der Waals surface area contributed by atoms with Crippen LogP contribution < -0.4 is 14.4 Å². The number of hydrogen-bond donors (Lipinski definition) is 0. The molecule has 0 unspecified atom stereocenters. The molecule has 2 amide bonds. The summed E-state index contributed by atoms with van der Waals surface area (Å²) in [6.45, 7) is 2.41. The summed E-state index contributed by atoms with van der Waals surface area (Å²) in [4.78, 5) is 37.3. The quantitative estimate of drug-likeness (QED) is 0.176. The van der Waals surface area contributed by atoms with Gasteiger partial charge in [-0.25, -0.2) is 4.90 Å². The number of benzene rings is 3. The molecular weight excluding hydrogens is 536 g/mol. The smallest absolute Gasteiger partial charge is 0.298 e. The van der Waals surface area contributed by atoms with Gasteiger partial charge in [0.2, 0.25) is 0 Å². The molecule has 1 fully saturated rings. The topological polar surface area (TPSA) is 99.0 Å². The van der Waals surface area contributed by atoms with Gasteiger partial charge in [0.1, 0.15) is 6.61 Å². The van der Waals surface area contributed by atoms with Gasteiger partial charge in [-0.05, 0) is 72.3 Å². The second kappa shape index (κ2) is 10.7. The van der Waals surface area contributed by atoms with Gasteiger partial charge in [-0.1, -0.05) is 34.1 Å². The van der Waals surface area contributed by atoms with Crippen molar-refractivity contribution >= 4 is 56.3 Å². The largest absolute Gasteiger partial charge is 0.490 e. The minimum atomic E-state index is -0.456. The predicted molar refractivity (Wildman–Crippen MR) is 138 cm³/mol. The Morgan fingerprint density at radius 1 is 1.03 bits per heavy atom. The Kier molecular flexibility index (Phi) is 7.52. The molecule has 3 aromatic carbocycles. The maximum Gasteiger partial charge on any atom is 0.298 e. The summed E-state index contributed by atoms with van der Waals surface area (Å²) in [6.07, 6.45) is 1.64. The molecule has 0 atom stereocenters. The number of anilines is 1.